The van der Waals surface area contributed by atoms with Crippen molar-refractivity contribution in [1.82, 2.24) is 0 Å². The van der Waals surface area contributed by atoms with Gasteiger partial charge in [0.15, 0.2) is 6.04 Å². The van der Waals surface area contributed by atoms with Gasteiger partial charge in [-0.15, -0.1) is 0 Å². The van der Waals surface area contributed by atoms with Gasteiger partial charge in [0.05, 0.1) is 12.6 Å². The summed E-state index contributed by atoms with van der Waals surface area (Å²) in [6.07, 6.45) is 0. The molecule has 2 aromatic rings. The molecule has 1 aliphatic rings. The van der Waals surface area contributed by atoms with Gasteiger partial charge in [0.25, 0.3) is 0 Å². The maximum atomic E-state index is 12.1. The van der Waals surface area contributed by atoms with Crippen LogP contribution in [-0.4, -0.2) is 18.6 Å². The predicted molar refractivity (Wildman–Crippen MR) is 83.5 cm³/mol. The third-order valence-corrected chi connectivity index (χ3v) is 3.85. The molecule has 1 fully saturated rings. The van der Waals surface area contributed by atoms with Crippen LogP contribution in [0.3, 0.4) is 0 Å². The lowest BCUT2D eigenvalue weighted by Gasteiger charge is -2.05. The molecule has 21 heavy (non-hydrogen) atoms. The van der Waals surface area contributed by atoms with E-state index >= 15 is 0 Å². The second-order valence-corrected chi connectivity index (χ2v) is 5.37. The number of carbonyl (C=O) groups is 1. The first-order valence-corrected chi connectivity index (χ1v) is 7.35. The van der Waals surface area contributed by atoms with Crippen LogP contribution >= 0.6 is 11.6 Å². The van der Waals surface area contributed by atoms with Gasteiger partial charge >= 0.3 is 5.97 Å². The number of rotatable bonds is 4. The van der Waals surface area contributed by atoms with Gasteiger partial charge in [-0.2, -0.15) is 0 Å². The Morgan fingerprint density at radius 2 is 1.81 bits per heavy atom. The van der Waals surface area contributed by atoms with Crippen LogP contribution in [0.15, 0.2) is 54.6 Å². The van der Waals surface area contributed by atoms with E-state index in [0.29, 0.717) is 11.6 Å². The van der Waals surface area contributed by atoms with Gasteiger partial charge in [0.1, 0.15) is 0 Å². The zero-order valence-corrected chi connectivity index (χ0v) is 12.5. The fourth-order valence-corrected chi connectivity index (χ4v) is 2.75. The number of benzene rings is 2. The fourth-order valence-electron chi connectivity index (χ4n) is 2.63. The third-order valence-electron chi connectivity index (χ3n) is 3.60. The van der Waals surface area contributed by atoms with Gasteiger partial charge in [-0.05, 0) is 36.8 Å². The molecule has 0 amide bonds. The minimum atomic E-state index is -0.256. The molecule has 4 heteroatoms. The van der Waals surface area contributed by atoms with Crippen LogP contribution in [-0.2, 0) is 9.53 Å². The quantitative estimate of drug-likeness (QED) is 0.635. The highest BCUT2D eigenvalue weighted by Gasteiger charge is 2.54. The van der Waals surface area contributed by atoms with Crippen molar-refractivity contribution in [2.45, 2.75) is 19.0 Å². The first-order valence-electron chi connectivity index (χ1n) is 6.98. The Morgan fingerprint density at radius 1 is 1.14 bits per heavy atom. The summed E-state index contributed by atoms with van der Waals surface area (Å²) in [5, 5.41) is 0.693. The highest BCUT2D eigenvalue weighted by atomic mass is 35.5. The van der Waals surface area contributed by atoms with Crippen molar-refractivity contribution in [2.24, 2.45) is 0 Å². The Hall–Kier alpha value is -2.00. The van der Waals surface area contributed by atoms with Gasteiger partial charge < -0.3 is 9.64 Å². The number of para-hydroxylation sites is 1. The molecule has 0 aromatic heterocycles. The highest BCUT2D eigenvalue weighted by Crippen LogP contribution is 2.47. The largest absolute Gasteiger partial charge is 0.464 e. The zero-order chi connectivity index (χ0) is 14.8. The van der Waals surface area contributed by atoms with Crippen LogP contribution in [0, 0.1) is 0 Å². The Kier molecular flexibility index (Phi) is 3.84. The number of carbonyl (C=O) groups excluding carboxylic acids is 1. The van der Waals surface area contributed by atoms with E-state index < -0.39 is 0 Å². The fraction of sp³-hybridized carbons (Fsp3) is 0.235. The van der Waals surface area contributed by atoms with Crippen LogP contribution < -0.4 is 4.90 Å². The molecule has 0 N–H and O–H groups in total. The molecule has 2 aromatic carbocycles. The lowest BCUT2D eigenvalue weighted by atomic mass is 10.1. The lowest BCUT2D eigenvalue weighted by molar-refractivity contribution is -0.142. The number of ether oxygens (including phenoxy) is 1. The summed E-state index contributed by atoms with van der Waals surface area (Å²) in [6, 6.07) is 17.3. The van der Waals surface area contributed by atoms with Crippen LogP contribution in [0.5, 0.6) is 0 Å². The SMILES string of the molecule is CCOC(=O)[C@H]1[C@@H](c2ccc(Cl)cc2)N1c1ccccc1. The van der Waals surface area contributed by atoms with Gasteiger partial charge in [-0.1, -0.05) is 41.9 Å². The normalized spacial score (nSPS) is 20.2. The summed E-state index contributed by atoms with van der Waals surface area (Å²) in [4.78, 5) is 14.2. The van der Waals surface area contributed by atoms with E-state index in [2.05, 4.69) is 4.90 Å². The van der Waals surface area contributed by atoms with Crippen LogP contribution in [0.4, 0.5) is 5.69 Å². The number of esters is 1. The number of anilines is 1. The first-order chi connectivity index (χ1) is 10.2. The Morgan fingerprint density at radius 3 is 2.43 bits per heavy atom. The minimum Gasteiger partial charge on any atom is -0.464 e. The summed E-state index contributed by atoms with van der Waals surface area (Å²) in [5.41, 5.74) is 2.09. The van der Waals surface area contributed by atoms with Gasteiger partial charge in [-0.3, -0.25) is 0 Å². The molecule has 0 unspecified atom stereocenters. The van der Waals surface area contributed by atoms with Crippen LogP contribution in [0.25, 0.3) is 0 Å². The second-order valence-electron chi connectivity index (χ2n) is 4.94. The van der Waals surface area contributed by atoms with E-state index in [-0.39, 0.29) is 18.1 Å². The minimum absolute atomic E-state index is 0.0173. The first kappa shape index (κ1) is 14.0. The molecule has 0 saturated carbocycles. The average molecular weight is 302 g/mol. The predicted octanol–water partition coefficient (Wildman–Crippen LogP) is 3.83. The van der Waals surface area contributed by atoms with E-state index in [4.69, 9.17) is 16.3 Å². The highest BCUT2D eigenvalue weighted by molar-refractivity contribution is 6.30. The maximum Gasteiger partial charge on any atom is 0.331 e. The number of halogens is 1. The van der Waals surface area contributed by atoms with Crippen molar-refractivity contribution in [2.75, 3.05) is 11.5 Å². The third kappa shape index (κ3) is 2.74. The van der Waals surface area contributed by atoms with Crippen molar-refractivity contribution >= 4 is 23.3 Å². The summed E-state index contributed by atoms with van der Waals surface area (Å²) >= 11 is 5.93. The van der Waals surface area contributed by atoms with E-state index in [1.807, 2.05) is 61.5 Å². The lowest BCUT2D eigenvalue weighted by Crippen LogP contribution is -2.15. The molecule has 0 spiro atoms. The van der Waals surface area contributed by atoms with E-state index in [1.54, 1.807) is 0 Å². The van der Waals surface area contributed by atoms with Gasteiger partial charge in [0.2, 0.25) is 0 Å². The summed E-state index contributed by atoms with van der Waals surface area (Å²) in [5.74, 6) is -0.179. The molecule has 3 rings (SSSR count). The molecule has 1 heterocycles. The number of nitrogens with zero attached hydrogens (tertiary/aromatic N) is 1. The standard InChI is InChI=1S/C17H16ClNO2/c1-2-21-17(20)16-15(12-8-10-13(18)11-9-12)19(16)14-6-4-3-5-7-14/h3-11,15-16H,2H2,1H3/t15-,16-,19?/m1/s1. The van der Waals surface area contributed by atoms with E-state index in [0.717, 1.165) is 11.3 Å². The topological polar surface area (TPSA) is 29.3 Å². The Bertz CT molecular complexity index is 627. The second kappa shape index (κ2) is 5.78. The molecule has 0 bridgehead atoms. The van der Waals surface area contributed by atoms with Gasteiger partial charge in [-0.25, -0.2) is 4.79 Å². The summed E-state index contributed by atoms with van der Waals surface area (Å²) < 4.78 is 5.19. The smallest absolute Gasteiger partial charge is 0.331 e. The van der Waals surface area contributed by atoms with Crippen LogP contribution in [0.1, 0.15) is 18.5 Å². The maximum absolute atomic E-state index is 12.1. The molecular weight excluding hydrogens is 286 g/mol. The number of hydrogen-bond acceptors (Lipinski definition) is 3. The van der Waals surface area contributed by atoms with Crippen molar-refractivity contribution in [3.8, 4) is 0 Å². The van der Waals surface area contributed by atoms with Crippen LogP contribution in [0.2, 0.25) is 5.02 Å². The van der Waals surface area contributed by atoms with Crippen molar-refractivity contribution in [1.29, 1.82) is 0 Å². The molecule has 0 aliphatic carbocycles. The molecular formula is C17H16ClNO2. The Balaban J connectivity index is 1.89. The average Bonchev–Trinajstić information content (AvgIpc) is 3.25. The van der Waals surface area contributed by atoms with E-state index in [1.165, 1.54) is 0 Å². The molecule has 0 radical (unpaired) electrons. The van der Waals surface area contributed by atoms with Crippen molar-refractivity contribution < 1.29 is 9.53 Å². The summed E-state index contributed by atoms with van der Waals surface area (Å²) in [7, 11) is 0. The van der Waals surface area contributed by atoms with E-state index in [9.17, 15) is 4.79 Å². The zero-order valence-electron chi connectivity index (χ0n) is 11.7. The molecule has 1 saturated heterocycles. The van der Waals surface area contributed by atoms with Crippen molar-refractivity contribution in [3.05, 3.63) is 65.2 Å². The molecule has 3 nitrogen and oxygen atoms in total. The van der Waals surface area contributed by atoms with Gasteiger partial charge in [0, 0.05) is 10.7 Å². The molecule has 2 atom stereocenters. The number of hydrogen-bond donors (Lipinski definition) is 0. The summed E-state index contributed by atoms with van der Waals surface area (Å²) in [6.45, 7) is 2.22. The molecule has 1 aliphatic heterocycles. The Labute approximate surface area is 129 Å². The monoisotopic (exact) mass is 301 g/mol. The van der Waals surface area contributed by atoms with Crippen molar-refractivity contribution in [3.63, 3.8) is 0 Å². The molecule has 108 valence electrons.